The zero-order valence-electron chi connectivity index (χ0n) is 7.33. The molecule has 2 unspecified atom stereocenters. The van der Waals surface area contributed by atoms with Gasteiger partial charge in [-0.25, -0.2) is 0 Å². The highest BCUT2D eigenvalue weighted by atomic mass is 35.5. The van der Waals surface area contributed by atoms with Crippen LogP contribution in [0.2, 0.25) is 0 Å². The lowest BCUT2D eigenvalue weighted by Gasteiger charge is -2.06. The number of rotatable bonds is 3. The van der Waals surface area contributed by atoms with Gasteiger partial charge in [0.25, 0.3) is 0 Å². The van der Waals surface area contributed by atoms with Crippen molar-refractivity contribution in [1.82, 2.24) is 0 Å². The van der Waals surface area contributed by atoms with Gasteiger partial charge >= 0.3 is 11.9 Å². The van der Waals surface area contributed by atoms with Crippen LogP contribution in [0.4, 0.5) is 0 Å². The molecular weight excluding hydrogens is 192 g/mol. The van der Waals surface area contributed by atoms with E-state index in [9.17, 15) is 9.59 Å². The summed E-state index contributed by atoms with van der Waals surface area (Å²) in [6.45, 7) is 1.86. The van der Waals surface area contributed by atoms with E-state index >= 15 is 0 Å². The minimum Gasteiger partial charge on any atom is -0.393 e. The van der Waals surface area contributed by atoms with Gasteiger partial charge in [-0.1, -0.05) is 12.2 Å². The summed E-state index contributed by atoms with van der Waals surface area (Å²) in [6, 6.07) is 0. The van der Waals surface area contributed by atoms with Crippen LogP contribution in [0.15, 0.2) is 12.2 Å². The number of carbonyl (C=O) groups is 2. The molecule has 0 spiro atoms. The van der Waals surface area contributed by atoms with Crippen molar-refractivity contribution in [1.29, 1.82) is 0 Å². The Bertz CT molecular complexity index is 247. The van der Waals surface area contributed by atoms with Crippen molar-refractivity contribution >= 4 is 23.5 Å². The predicted molar refractivity (Wildman–Crippen MR) is 48.2 cm³/mol. The van der Waals surface area contributed by atoms with E-state index < -0.39 is 17.9 Å². The summed E-state index contributed by atoms with van der Waals surface area (Å²) in [6.07, 6.45) is 4.20. The first-order valence-electron chi connectivity index (χ1n) is 4.13. The zero-order valence-corrected chi connectivity index (χ0v) is 8.08. The molecule has 0 N–H and O–H groups in total. The van der Waals surface area contributed by atoms with E-state index in [-0.39, 0.29) is 11.8 Å². The summed E-state index contributed by atoms with van der Waals surface area (Å²) >= 11 is 5.56. The molecule has 0 aliphatic carbocycles. The second-order valence-corrected chi connectivity index (χ2v) is 3.22. The smallest absolute Gasteiger partial charge is 0.318 e. The number of allylic oxidation sites excluding steroid dienone is 2. The molecule has 1 rings (SSSR count). The molecule has 1 saturated heterocycles. The molecule has 3 nitrogen and oxygen atoms in total. The van der Waals surface area contributed by atoms with Gasteiger partial charge in [-0.3, -0.25) is 9.59 Å². The van der Waals surface area contributed by atoms with Gasteiger partial charge in [-0.15, -0.1) is 11.6 Å². The van der Waals surface area contributed by atoms with Gasteiger partial charge in [-0.2, -0.15) is 0 Å². The van der Waals surface area contributed by atoms with E-state index in [2.05, 4.69) is 4.74 Å². The standard InChI is InChI=1S/C9H11ClO3/c1-2-3-4-6-7(5-10)9(12)13-8(6)11/h2-3,6-7H,4-5H2,1H3. The molecule has 0 aromatic carbocycles. The van der Waals surface area contributed by atoms with Gasteiger partial charge < -0.3 is 4.74 Å². The first-order valence-corrected chi connectivity index (χ1v) is 4.66. The molecule has 0 amide bonds. The average Bonchev–Trinajstić information content (AvgIpc) is 2.37. The fourth-order valence-electron chi connectivity index (χ4n) is 1.29. The maximum atomic E-state index is 11.1. The van der Waals surface area contributed by atoms with Crippen LogP contribution < -0.4 is 0 Å². The summed E-state index contributed by atoms with van der Waals surface area (Å²) in [7, 11) is 0. The Balaban J connectivity index is 2.69. The van der Waals surface area contributed by atoms with Gasteiger partial charge in [0.2, 0.25) is 0 Å². The highest BCUT2D eigenvalue weighted by Crippen LogP contribution is 2.27. The number of hydrogen-bond donors (Lipinski definition) is 0. The third kappa shape index (κ3) is 2.10. The van der Waals surface area contributed by atoms with Crippen molar-refractivity contribution in [3.63, 3.8) is 0 Å². The Morgan fingerprint density at radius 1 is 1.38 bits per heavy atom. The summed E-state index contributed by atoms with van der Waals surface area (Å²) in [5.41, 5.74) is 0. The monoisotopic (exact) mass is 202 g/mol. The molecule has 13 heavy (non-hydrogen) atoms. The van der Waals surface area contributed by atoms with E-state index in [1.807, 2.05) is 19.1 Å². The second kappa shape index (κ2) is 4.42. The molecule has 0 bridgehead atoms. The maximum absolute atomic E-state index is 11.1. The first kappa shape index (κ1) is 10.3. The van der Waals surface area contributed by atoms with Crippen LogP contribution >= 0.6 is 11.6 Å². The zero-order chi connectivity index (χ0) is 9.84. The Labute approximate surface area is 81.7 Å². The molecule has 4 heteroatoms. The van der Waals surface area contributed by atoms with Crippen molar-refractivity contribution < 1.29 is 14.3 Å². The lowest BCUT2D eigenvalue weighted by molar-refractivity contribution is -0.153. The molecule has 1 heterocycles. The van der Waals surface area contributed by atoms with Gasteiger partial charge in [0.15, 0.2) is 0 Å². The topological polar surface area (TPSA) is 43.4 Å². The summed E-state index contributed by atoms with van der Waals surface area (Å²) < 4.78 is 4.48. The maximum Gasteiger partial charge on any atom is 0.318 e. The summed E-state index contributed by atoms with van der Waals surface area (Å²) in [5, 5.41) is 0. The molecule has 72 valence electrons. The van der Waals surface area contributed by atoms with Gasteiger partial charge in [0.05, 0.1) is 11.8 Å². The largest absolute Gasteiger partial charge is 0.393 e. The quantitative estimate of drug-likeness (QED) is 0.302. The van der Waals surface area contributed by atoms with Crippen molar-refractivity contribution in [2.24, 2.45) is 11.8 Å². The summed E-state index contributed by atoms with van der Waals surface area (Å²) in [4.78, 5) is 22.2. The van der Waals surface area contributed by atoms with E-state index in [1.165, 1.54) is 0 Å². The number of cyclic esters (lactones) is 2. The summed E-state index contributed by atoms with van der Waals surface area (Å²) in [5.74, 6) is -1.65. The van der Waals surface area contributed by atoms with Crippen molar-refractivity contribution in [2.45, 2.75) is 13.3 Å². The van der Waals surface area contributed by atoms with Crippen LogP contribution in [0, 0.1) is 11.8 Å². The van der Waals surface area contributed by atoms with E-state index in [0.29, 0.717) is 6.42 Å². The highest BCUT2D eigenvalue weighted by molar-refractivity contribution is 6.20. The van der Waals surface area contributed by atoms with Gasteiger partial charge in [0.1, 0.15) is 0 Å². The number of esters is 2. The van der Waals surface area contributed by atoms with E-state index in [4.69, 9.17) is 11.6 Å². The fourth-order valence-corrected chi connectivity index (χ4v) is 1.63. The van der Waals surface area contributed by atoms with E-state index in [1.54, 1.807) is 0 Å². The van der Waals surface area contributed by atoms with Gasteiger partial charge in [-0.05, 0) is 13.3 Å². The van der Waals surface area contributed by atoms with Crippen LogP contribution in [0.5, 0.6) is 0 Å². The van der Waals surface area contributed by atoms with Crippen LogP contribution in [-0.4, -0.2) is 17.8 Å². The average molecular weight is 203 g/mol. The third-order valence-corrected chi connectivity index (χ3v) is 2.42. The van der Waals surface area contributed by atoms with Crippen LogP contribution in [0.3, 0.4) is 0 Å². The molecule has 0 saturated carbocycles. The van der Waals surface area contributed by atoms with Crippen molar-refractivity contribution in [3.05, 3.63) is 12.2 Å². The van der Waals surface area contributed by atoms with Crippen molar-refractivity contribution in [3.8, 4) is 0 Å². The minimum absolute atomic E-state index is 0.146. The number of carbonyl (C=O) groups excluding carboxylic acids is 2. The molecule has 0 aromatic rings. The normalized spacial score (nSPS) is 28.5. The molecule has 1 aliphatic rings. The fraction of sp³-hybridized carbons (Fsp3) is 0.556. The Kier molecular flexibility index (Phi) is 3.48. The predicted octanol–water partition coefficient (Wildman–Crippen LogP) is 1.51. The highest BCUT2D eigenvalue weighted by Gasteiger charge is 2.42. The molecular formula is C9H11ClO3. The Morgan fingerprint density at radius 3 is 2.54 bits per heavy atom. The van der Waals surface area contributed by atoms with Crippen LogP contribution in [0.25, 0.3) is 0 Å². The number of hydrogen-bond acceptors (Lipinski definition) is 3. The molecule has 1 aliphatic heterocycles. The lowest BCUT2D eigenvalue weighted by atomic mass is 9.93. The third-order valence-electron chi connectivity index (χ3n) is 2.08. The first-order chi connectivity index (χ1) is 6.20. The SMILES string of the molecule is CC=CCC1C(=O)OC(=O)C1CCl. The number of alkyl halides is 1. The molecule has 1 fully saturated rings. The van der Waals surface area contributed by atoms with Gasteiger partial charge in [0, 0.05) is 5.88 Å². The number of ether oxygens (including phenoxy) is 1. The number of halogens is 1. The lowest BCUT2D eigenvalue weighted by Crippen LogP contribution is -2.18. The molecule has 0 aromatic heterocycles. The van der Waals surface area contributed by atoms with Crippen molar-refractivity contribution in [2.75, 3.05) is 5.88 Å². The van der Waals surface area contributed by atoms with Crippen LogP contribution in [0.1, 0.15) is 13.3 Å². The second-order valence-electron chi connectivity index (χ2n) is 2.91. The molecule has 2 atom stereocenters. The Hall–Kier alpha value is -0.830. The van der Waals surface area contributed by atoms with Crippen LogP contribution in [-0.2, 0) is 14.3 Å². The Morgan fingerprint density at radius 2 is 2.00 bits per heavy atom. The van der Waals surface area contributed by atoms with E-state index in [0.717, 1.165) is 0 Å². The minimum atomic E-state index is -0.491. The molecule has 0 radical (unpaired) electrons.